The van der Waals surface area contributed by atoms with Crippen molar-refractivity contribution in [2.45, 2.75) is 6.92 Å². The van der Waals surface area contributed by atoms with E-state index < -0.39 is 10.9 Å². The van der Waals surface area contributed by atoms with Crippen molar-refractivity contribution in [3.63, 3.8) is 0 Å². The molecule has 1 heterocycles. The van der Waals surface area contributed by atoms with Crippen molar-refractivity contribution in [3.8, 4) is 11.3 Å². The summed E-state index contributed by atoms with van der Waals surface area (Å²) in [5.41, 5.74) is 0.559. The van der Waals surface area contributed by atoms with Crippen LogP contribution in [0.25, 0.3) is 11.3 Å². The lowest BCUT2D eigenvalue weighted by Crippen LogP contribution is -2.05. The number of oxazole rings is 1. The second kappa shape index (κ2) is 5.30. The molecule has 2 aromatic rings. The molecule has 7 heteroatoms. The number of carbonyl (C=O) groups is 1. The lowest BCUT2D eigenvalue weighted by atomic mass is 10.1. The predicted molar refractivity (Wildman–Crippen MR) is 64.5 cm³/mol. The second-order valence-corrected chi connectivity index (χ2v) is 3.56. The minimum atomic E-state index is -0.651. The second-order valence-electron chi connectivity index (χ2n) is 3.56. The number of rotatable bonds is 4. The monoisotopic (exact) mass is 262 g/mol. The van der Waals surface area contributed by atoms with Gasteiger partial charge in [-0.2, -0.15) is 0 Å². The topological polar surface area (TPSA) is 95.5 Å². The lowest BCUT2D eigenvalue weighted by molar-refractivity contribution is -0.384. The van der Waals surface area contributed by atoms with Gasteiger partial charge in [0.05, 0.1) is 11.5 Å². The summed E-state index contributed by atoms with van der Waals surface area (Å²) in [6.07, 6.45) is 1.10. The third-order valence-corrected chi connectivity index (χ3v) is 2.36. The van der Waals surface area contributed by atoms with E-state index in [9.17, 15) is 14.9 Å². The van der Waals surface area contributed by atoms with Crippen LogP contribution in [0.3, 0.4) is 0 Å². The van der Waals surface area contributed by atoms with Crippen molar-refractivity contribution in [1.29, 1.82) is 0 Å². The smallest absolute Gasteiger partial charge is 0.376 e. The average molecular weight is 262 g/mol. The summed E-state index contributed by atoms with van der Waals surface area (Å²) in [7, 11) is 0. The van der Waals surface area contributed by atoms with Crippen molar-refractivity contribution in [1.82, 2.24) is 4.98 Å². The number of hydrogen-bond acceptors (Lipinski definition) is 6. The molecule has 0 atom stereocenters. The van der Waals surface area contributed by atoms with E-state index in [1.807, 2.05) is 0 Å². The van der Waals surface area contributed by atoms with Crippen LogP contribution in [0.5, 0.6) is 0 Å². The standard InChI is InChI=1S/C12H10N2O5/c1-2-18-12(15)11-10(13-7-19-11)8-4-3-5-9(6-8)14(16)17/h3-7H,2H2,1H3. The third kappa shape index (κ3) is 2.59. The number of esters is 1. The number of benzene rings is 1. The molecule has 0 amide bonds. The highest BCUT2D eigenvalue weighted by atomic mass is 16.6. The molecular weight excluding hydrogens is 252 g/mol. The highest BCUT2D eigenvalue weighted by Gasteiger charge is 2.20. The first-order chi connectivity index (χ1) is 9.13. The first-order valence-corrected chi connectivity index (χ1v) is 5.49. The van der Waals surface area contributed by atoms with Crippen molar-refractivity contribution >= 4 is 11.7 Å². The highest BCUT2D eigenvalue weighted by Crippen LogP contribution is 2.26. The molecular formula is C12H10N2O5. The largest absolute Gasteiger partial charge is 0.460 e. The van der Waals surface area contributed by atoms with E-state index in [1.54, 1.807) is 13.0 Å². The Bertz CT molecular complexity index is 620. The van der Waals surface area contributed by atoms with Gasteiger partial charge in [-0.05, 0) is 6.92 Å². The van der Waals surface area contributed by atoms with Gasteiger partial charge in [0.2, 0.25) is 5.76 Å². The van der Waals surface area contributed by atoms with Gasteiger partial charge >= 0.3 is 5.97 Å². The van der Waals surface area contributed by atoms with Gasteiger partial charge in [-0.3, -0.25) is 10.1 Å². The number of hydrogen-bond donors (Lipinski definition) is 0. The van der Waals surface area contributed by atoms with Crippen molar-refractivity contribution < 1.29 is 18.9 Å². The maximum Gasteiger partial charge on any atom is 0.376 e. The maximum absolute atomic E-state index is 11.6. The van der Waals surface area contributed by atoms with Crippen LogP contribution < -0.4 is 0 Å². The molecule has 98 valence electrons. The van der Waals surface area contributed by atoms with E-state index >= 15 is 0 Å². The molecule has 0 N–H and O–H groups in total. The maximum atomic E-state index is 11.6. The molecule has 7 nitrogen and oxygen atoms in total. The normalized spacial score (nSPS) is 10.2. The van der Waals surface area contributed by atoms with Crippen LogP contribution in [0, 0.1) is 10.1 Å². The molecule has 0 fully saturated rings. The van der Waals surface area contributed by atoms with Crippen LogP contribution in [0.4, 0.5) is 5.69 Å². The summed E-state index contributed by atoms with van der Waals surface area (Å²) < 4.78 is 9.80. The van der Waals surface area contributed by atoms with Crippen LogP contribution in [0.1, 0.15) is 17.5 Å². The Morgan fingerprint density at radius 1 is 1.53 bits per heavy atom. The van der Waals surface area contributed by atoms with Crippen LogP contribution in [0.15, 0.2) is 35.1 Å². The fourth-order valence-electron chi connectivity index (χ4n) is 1.56. The Hall–Kier alpha value is -2.70. The minimum Gasteiger partial charge on any atom is -0.460 e. The van der Waals surface area contributed by atoms with Gasteiger partial charge < -0.3 is 9.15 Å². The quantitative estimate of drug-likeness (QED) is 0.477. The zero-order valence-electron chi connectivity index (χ0n) is 10.0. The molecule has 1 aromatic carbocycles. The van der Waals surface area contributed by atoms with Gasteiger partial charge in [-0.15, -0.1) is 0 Å². The number of non-ortho nitro benzene ring substituents is 1. The van der Waals surface area contributed by atoms with E-state index in [1.165, 1.54) is 18.2 Å². The molecule has 1 aromatic heterocycles. The fraction of sp³-hybridized carbons (Fsp3) is 0.167. The third-order valence-electron chi connectivity index (χ3n) is 2.36. The summed E-state index contributed by atoms with van der Waals surface area (Å²) in [6.45, 7) is 1.87. The van der Waals surface area contributed by atoms with Crippen LogP contribution >= 0.6 is 0 Å². The molecule has 0 saturated carbocycles. The van der Waals surface area contributed by atoms with Gasteiger partial charge in [-0.25, -0.2) is 9.78 Å². The zero-order chi connectivity index (χ0) is 13.8. The molecule has 0 unspecified atom stereocenters. The van der Waals surface area contributed by atoms with E-state index in [2.05, 4.69) is 4.98 Å². The molecule has 0 aliphatic rings. The molecule has 0 radical (unpaired) electrons. The Labute approximate surface area is 108 Å². The summed E-state index contributed by atoms with van der Waals surface area (Å²) in [5, 5.41) is 10.7. The SMILES string of the molecule is CCOC(=O)c1ocnc1-c1cccc([N+](=O)[O-])c1. The Balaban J connectivity index is 2.42. The van der Waals surface area contributed by atoms with Crippen molar-refractivity contribution in [2.75, 3.05) is 6.61 Å². The number of ether oxygens (including phenoxy) is 1. The Kier molecular flexibility index (Phi) is 3.56. The molecule has 0 bridgehead atoms. The van der Waals surface area contributed by atoms with Crippen LogP contribution in [0.2, 0.25) is 0 Å². The van der Waals surface area contributed by atoms with Gasteiger partial charge in [-0.1, -0.05) is 12.1 Å². The predicted octanol–water partition coefficient (Wildman–Crippen LogP) is 2.43. The Morgan fingerprint density at radius 3 is 3.00 bits per heavy atom. The van der Waals surface area contributed by atoms with E-state index in [0.29, 0.717) is 5.56 Å². The summed E-state index contributed by atoms with van der Waals surface area (Å²) in [4.78, 5) is 25.7. The molecule has 0 aliphatic carbocycles. The highest BCUT2D eigenvalue weighted by molar-refractivity contribution is 5.93. The lowest BCUT2D eigenvalue weighted by Gasteiger charge is -2.01. The average Bonchev–Trinajstić information content (AvgIpc) is 2.88. The number of aromatic nitrogens is 1. The van der Waals surface area contributed by atoms with Crippen LogP contribution in [-0.4, -0.2) is 22.5 Å². The number of nitro groups is 1. The Morgan fingerprint density at radius 2 is 2.32 bits per heavy atom. The summed E-state index contributed by atoms with van der Waals surface area (Å²) in [6, 6.07) is 5.79. The fourth-order valence-corrected chi connectivity index (χ4v) is 1.56. The molecule has 19 heavy (non-hydrogen) atoms. The minimum absolute atomic E-state index is 0.0673. The van der Waals surface area contributed by atoms with E-state index in [0.717, 1.165) is 6.39 Å². The number of carbonyl (C=O) groups excluding carboxylic acids is 1. The van der Waals surface area contributed by atoms with Gasteiger partial charge in [0.25, 0.3) is 5.69 Å². The molecule has 0 aliphatic heterocycles. The number of nitro benzene ring substituents is 1. The van der Waals surface area contributed by atoms with Crippen molar-refractivity contribution in [3.05, 3.63) is 46.5 Å². The molecule has 0 spiro atoms. The first-order valence-electron chi connectivity index (χ1n) is 5.49. The van der Waals surface area contributed by atoms with Gasteiger partial charge in [0.15, 0.2) is 6.39 Å². The van der Waals surface area contributed by atoms with Gasteiger partial charge in [0.1, 0.15) is 5.69 Å². The van der Waals surface area contributed by atoms with E-state index in [4.69, 9.17) is 9.15 Å². The number of nitrogens with zero attached hydrogens (tertiary/aromatic N) is 2. The van der Waals surface area contributed by atoms with E-state index in [-0.39, 0.29) is 23.7 Å². The van der Waals surface area contributed by atoms with Gasteiger partial charge in [0, 0.05) is 17.7 Å². The first kappa shape index (κ1) is 12.7. The summed E-state index contributed by atoms with van der Waals surface area (Å²) in [5.74, 6) is -0.719. The zero-order valence-corrected chi connectivity index (χ0v) is 10.0. The van der Waals surface area contributed by atoms with Crippen LogP contribution in [-0.2, 0) is 4.74 Å². The molecule has 2 rings (SSSR count). The summed E-state index contributed by atoms with van der Waals surface area (Å²) >= 11 is 0. The van der Waals surface area contributed by atoms with Crippen molar-refractivity contribution in [2.24, 2.45) is 0 Å². The molecule has 0 saturated heterocycles.